The molecule has 1 atom stereocenters. The standard InChI is InChI=1S/C14H18N4O3/c1-2-12(17-5-3-16-4-6-17)11-7-10(9-15)8-13(14(11)19)18(20)21/h7-8,12,16,19H,2-6H2,1H3/t12-/m1/s1. The van der Waals surface area contributed by atoms with Crippen LogP contribution in [0.3, 0.4) is 0 Å². The smallest absolute Gasteiger partial charge is 0.312 e. The number of phenols is 1. The molecule has 0 aliphatic carbocycles. The maximum absolute atomic E-state index is 11.0. The lowest BCUT2D eigenvalue weighted by molar-refractivity contribution is -0.386. The number of hydrogen-bond donors (Lipinski definition) is 2. The van der Waals surface area contributed by atoms with Gasteiger partial charge in [0.25, 0.3) is 0 Å². The fourth-order valence-electron chi connectivity index (χ4n) is 2.77. The minimum atomic E-state index is -0.649. The normalized spacial score (nSPS) is 17.1. The van der Waals surface area contributed by atoms with Crippen molar-refractivity contribution in [2.24, 2.45) is 0 Å². The van der Waals surface area contributed by atoms with Crippen LogP contribution >= 0.6 is 0 Å². The van der Waals surface area contributed by atoms with Crippen molar-refractivity contribution >= 4 is 5.69 Å². The largest absolute Gasteiger partial charge is 0.502 e. The van der Waals surface area contributed by atoms with Crippen LogP contribution in [0.1, 0.15) is 30.5 Å². The summed E-state index contributed by atoms with van der Waals surface area (Å²) >= 11 is 0. The molecule has 2 N–H and O–H groups in total. The van der Waals surface area contributed by atoms with Gasteiger partial charge in [-0.2, -0.15) is 5.26 Å². The van der Waals surface area contributed by atoms with E-state index in [1.54, 1.807) is 6.07 Å². The molecule has 1 saturated heterocycles. The summed E-state index contributed by atoms with van der Waals surface area (Å²) in [4.78, 5) is 12.6. The number of nitriles is 1. The minimum Gasteiger partial charge on any atom is -0.502 e. The van der Waals surface area contributed by atoms with Crippen molar-refractivity contribution in [3.63, 3.8) is 0 Å². The molecule has 0 bridgehead atoms. The SMILES string of the molecule is CC[C@H](c1cc(C#N)cc([N+](=O)[O-])c1O)N1CCNCC1. The highest BCUT2D eigenvalue weighted by Crippen LogP contribution is 2.38. The van der Waals surface area contributed by atoms with Gasteiger partial charge in [0, 0.05) is 43.9 Å². The van der Waals surface area contributed by atoms with E-state index in [-0.39, 0.29) is 17.4 Å². The third-order valence-corrected chi connectivity index (χ3v) is 3.78. The lowest BCUT2D eigenvalue weighted by Gasteiger charge is -2.34. The summed E-state index contributed by atoms with van der Waals surface area (Å²) < 4.78 is 0. The summed E-state index contributed by atoms with van der Waals surface area (Å²) in [6.07, 6.45) is 0.708. The molecule has 1 aliphatic rings. The first-order valence-corrected chi connectivity index (χ1v) is 6.94. The Kier molecular flexibility index (Phi) is 4.73. The number of nitro benzene ring substituents is 1. The predicted octanol–water partition coefficient (Wildman–Crippen LogP) is 1.53. The number of rotatable bonds is 4. The minimum absolute atomic E-state index is 0.126. The van der Waals surface area contributed by atoms with Gasteiger partial charge in [-0.3, -0.25) is 15.0 Å². The van der Waals surface area contributed by atoms with Crippen molar-refractivity contribution in [3.05, 3.63) is 33.4 Å². The van der Waals surface area contributed by atoms with E-state index >= 15 is 0 Å². The Bertz CT molecular complexity index is 576. The Morgan fingerprint density at radius 3 is 2.71 bits per heavy atom. The van der Waals surface area contributed by atoms with E-state index in [1.807, 2.05) is 13.0 Å². The molecule has 21 heavy (non-hydrogen) atoms. The zero-order valence-corrected chi connectivity index (χ0v) is 11.9. The van der Waals surface area contributed by atoms with Crippen LogP contribution in [0.2, 0.25) is 0 Å². The van der Waals surface area contributed by atoms with Crippen LogP contribution < -0.4 is 5.32 Å². The van der Waals surface area contributed by atoms with Crippen LogP contribution in [-0.2, 0) is 0 Å². The van der Waals surface area contributed by atoms with E-state index in [9.17, 15) is 15.2 Å². The molecule has 0 unspecified atom stereocenters. The maximum Gasteiger partial charge on any atom is 0.312 e. The number of piperazine rings is 1. The second-order valence-corrected chi connectivity index (χ2v) is 5.01. The zero-order chi connectivity index (χ0) is 15.4. The average Bonchev–Trinajstić information content (AvgIpc) is 2.50. The topological polar surface area (TPSA) is 102 Å². The maximum atomic E-state index is 11.0. The molecule has 2 rings (SSSR count). The summed E-state index contributed by atoms with van der Waals surface area (Å²) in [6, 6.07) is 4.47. The van der Waals surface area contributed by atoms with E-state index < -0.39 is 10.6 Å². The molecule has 0 amide bonds. The summed E-state index contributed by atoms with van der Waals surface area (Å²) in [7, 11) is 0. The molecule has 7 heteroatoms. The van der Waals surface area contributed by atoms with Crippen molar-refractivity contribution in [2.45, 2.75) is 19.4 Å². The number of hydrogen-bond acceptors (Lipinski definition) is 6. The van der Waals surface area contributed by atoms with Crippen LogP contribution in [0.25, 0.3) is 0 Å². The molecule has 0 radical (unpaired) electrons. The molecule has 1 aliphatic heterocycles. The second-order valence-electron chi connectivity index (χ2n) is 5.01. The van der Waals surface area contributed by atoms with Crippen LogP contribution in [0, 0.1) is 21.4 Å². The van der Waals surface area contributed by atoms with E-state index in [0.29, 0.717) is 12.0 Å². The van der Waals surface area contributed by atoms with Gasteiger partial charge in [-0.1, -0.05) is 6.92 Å². The molecule has 0 spiro atoms. The first kappa shape index (κ1) is 15.2. The summed E-state index contributed by atoms with van der Waals surface area (Å²) in [5.41, 5.74) is 0.255. The molecule has 1 heterocycles. The predicted molar refractivity (Wildman–Crippen MR) is 77.0 cm³/mol. The van der Waals surface area contributed by atoms with Gasteiger partial charge in [0.2, 0.25) is 0 Å². The van der Waals surface area contributed by atoms with Crippen LogP contribution in [0.5, 0.6) is 5.75 Å². The van der Waals surface area contributed by atoms with Gasteiger partial charge in [0.15, 0.2) is 5.75 Å². The van der Waals surface area contributed by atoms with E-state index in [2.05, 4.69) is 10.2 Å². The number of nitrogens with zero attached hydrogens (tertiary/aromatic N) is 3. The summed E-state index contributed by atoms with van der Waals surface area (Å²) in [5, 5.41) is 33.6. The van der Waals surface area contributed by atoms with Crippen molar-refractivity contribution in [2.75, 3.05) is 26.2 Å². The van der Waals surface area contributed by atoms with Crippen molar-refractivity contribution < 1.29 is 10.0 Å². The van der Waals surface area contributed by atoms with Gasteiger partial charge in [-0.15, -0.1) is 0 Å². The molecule has 0 saturated carbocycles. The van der Waals surface area contributed by atoms with E-state index in [1.165, 1.54) is 0 Å². The second kappa shape index (κ2) is 6.52. The highest BCUT2D eigenvalue weighted by molar-refractivity contribution is 5.57. The Morgan fingerprint density at radius 1 is 1.52 bits per heavy atom. The summed E-state index contributed by atoms with van der Waals surface area (Å²) in [6.45, 7) is 5.27. The van der Waals surface area contributed by atoms with Gasteiger partial charge in [0.05, 0.1) is 16.6 Å². The number of aromatic hydroxyl groups is 1. The number of nitro groups is 1. The van der Waals surface area contributed by atoms with Crippen molar-refractivity contribution in [1.29, 1.82) is 5.26 Å². The molecular formula is C14H18N4O3. The monoisotopic (exact) mass is 290 g/mol. The number of nitrogens with one attached hydrogen (secondary N) is 1. The Labute approximate surface area is 122 Å². The molecule has 0 aromatic heterocycles. The molecule has 1 aromatic carbocycles. The van der Waals surface area contributed by atoms with Gasteiger partial charge in [-0.25, -0.2) is 0 Å². The highest BCUT2D eigenvalue weighted by Gasteiger charge is 2.28. The van der Waals surface area contributed by atoms with Crippen LogP contribution in [0.4, 0.5) is 5.69 Å². The van der Waals surface area contributed by atoms with Crippen LogP contribution in [-0.4, -0.2) is 41.1 Å². The Balaban J connectivity index is 2.47. The lowest BCUT2D eigenvalue weighted by atomic mass is 9.97. The molecule has 7 nitrogen and oxygen atoms in total. The Morgan fingerprint density at radius 2 is 2.19 bits per heavy atom. The van der Waals surface area contributed by atoms with Gasteiger partial charge >= 0.3 is 5.69 Å². The molecule has 1 aromatic rings. The molecule has 112 valence electrons. The van der Waals surface area contributed by atoms with E-state index in [0.717, 1.165) is 32.2 Å². The van der Waals surface area contributed by atoms with Gasteiger partial charge < -0.3 is 10.4 Å². The lowest BCUT2D eigenvalue weighted by Crippen LogP contribution is -2.45. The third kappa shape index (κ3) is 3.12. The molecule has 1 fully saturated rings. The average molecular weight is 290 g/mol. The first-order valence-electron chi connectivity index (χ1n) is 6.94. The third-order valence-electron chi connectivity index (χ3n) is 3.78. The zero-order valence-electron chi connectivity index (χ0n) is 11.9. The van der Waals surface area contributed by atoms with Crippen molar-refractivity contribution in [3.8, 4) is 11.8 Å². The number of phenolic OH excluding ortho intramolecular Hbond substituents is 1. The fraction of sp³-hybridized carbons (Fsp3) is 0.500. The van der Waals surface area contributed by atoms with E-state index in [4.69, 9.17) is 5.26 Å². The highest BCUT2D eigenvalue weighted by atomic mass is 16.6. The first-order chi connectivity index (χ1) is 10.1. The number of benzene rings is 1. The Hall–Kier alpha value is -2.17. The fourth-order valence-corrected chi connectivity index (χ4v) is 2.77. The van der Waals surface area contributed by atoms with Crippen LogP contribution in [0.15, 0.2) is 12.1 Å². The summed E-state index contributed by atoms with van der Waals surface area (Å²) in [5.74, 6) is -0.329. The van der Waals surface area contributed by atoms with Crippen molar-refractivity contribution in [1.82, 2.24) is 10.2 Å². The van der Waals surface area contributed by atoms with Gasteiger partial charge in [0.1, 0.15) is 0 Å². The molecular weight excluding hydrogens is 272 g/mol. The van der Waals surface area contributed by atoms with Gasteiger partial charge in [-0.05, 0) is 12.5 Å². The quantitative estimate of drug-likeness (QED) is 0.644.